The van der Waals surface area contributed by atoms with Gasteiger partial charge in [-0.3, -0.25) is 19.6 Å². The van der Waals surface area contributed by atoms with Gasteiger partial charge in [-0.1, -0.05) is 0 Å². The molecule has 0 saturated carbocycles. The number of alkyl carbamates (subject to hydrolysis) is 1. The minimum absolute atomic E-state index is 0.227. The Balaban J connectivity index is 1.92. The van der Waals surface area contributed by atoms with Crippen molar-refractivity contribution < 1.29 is 38.2 Å². The van der Waals surface area contributed by atoms with Crippen molar-refractivity contribution in [1.29, 1.82) is 0 Å². The van der Waals surface area contributed by atoms with Crippen LogP contribution in [0.1, 0.15) is 31.3 Å². The number of nitrogens with one attached hydrogen (secondary N) is 1. The molecule has 0 unspecified atom stereocenters. The fraction of sp³-hybridized carbons (Fsp3) is 0.737. The summed E-state index contributed by atoms with van der Waals surface area (Å²) in [5, 5.41) is 17.2. The molecular formula is C19H33N5O9. The molecular weight excluding hydrogens is 442 g/mol. The molecule has 0 aliphatic carbocycles. The van der Waals surface area contributed by atoms with Crippen LogP contribution in [0.25, 0.3) is 0 Å². The SMILES string of the molecule is CC(C)(C)OC(=O)NCCOCCOCCOCCOCCn1cc([N+](=O)[O-])c(C(N)=O)n1. The molecule has 14 heteroatoms. The maximum atomic E-state index is 11.4. The summed E-state index contributed by atoms with van der Waals surface area (Å²) in [6, 6.07) is 0. The fourth-order valence-corrected chi connectivity index (χ4v) is 2.29. The van der Waals surface area contributed by atoms with Gasteiger partial charge in [-0.15, -0.1) is 0 Å². The van der Waals surface area contributed by atoms with Crippen molar-refractivity contribution in [1.82, 2.24) is 15.1 Å². The number of aromatic nitrogens is 2. The van der Waals surface area contributed by atoms with Gasteiger partial charge in [0.05, 0.1) is 64.3 Å². The van der Waals surface area contributed by atoms with E-state index in [2.05, 4.69) is 10.4 Å². The Kier molecular flexibility index (Phi) is 12.9. The van der Waals surface area contributed by atoms with Crippen LogP contribution in [-0.2, 0) is 30.2 Å². The lowest BCUT2D eigenvalue weighted by molar-refractivity contribution is -0.385. The Hall–Kier alpha value is -2.81. The van der Waals surface area contributed by atoms with Crippen LogP contribution >= 0.6 is 0 Å². The van der Waals surface area contributed by atoms with Crippen molar-refractivity contribution in [2.45, 2.75) is 32.9 Å². The number of carbonyl (C=O) groups excluding carboxylic acids is 2. The Morgan fingerprint density at radius 3 is 2.00 bits per heavy atom. The molecule has 0 aliphatic heterocycles. The summed E-state index contributed by atoms with van der Waals surface area (Å²) in [7, 11) is 0. The molecule has 1 heterocycles. The Bertz CT molecular complexity index is 717. The predicted molar refractivity (Wildman–Crippen MR) is 115 cm³/mol. The molecule has 0 aliphatic rings. The van der Waals surface area contributed by atoms with Crippen LogP contribution in [0.15, 0.2) is 6.20 Å². The van der Waals surface area contributed by atoms with E-state index >= 15 is 0 Å². The monoisotopic (exact) mass is 475 g/mol. The average molecular weight is 475 g/mol. The van der Waals surface area contributed by atoms with Crippen molar-refractivity contribution in [3.8, 4) is 0 Å². The van der Waals surface area contributed by atoms with E-state index in [9.17, 15) is 19.7 Å². The summed E-state index contributed by atoms with van der Waals surface area (Å²) < 4.78 is 27.7. The summed E-state index contributed by atoms with van der Waals surface area (Å²) in [4.78, 5) is 32.7. The van der Waals surface area contributed by atoms with E-state index in [4.69, 9.17) is 29.4 Å². The number of nitro groups is 1. The van der Waals surface area contributed by atoms with Gasteiger partial charge in [-0.25, -0.2) is 4.79 Å². The first kappa shape index (κ1) is 28.2. The van der Waals surface area contributed by atoms with Gasteiger partial charge in [0.15, 0.2) is 0 Å². The standard InChI is InChI=1S/C19H33N5O9/c1-19(2,3)33-18(26)21-4-6-29-8-10-31-12-13-32-11-9-30-7-5-23-14-15(24(27)28)16(22-23)17(20)25/h14H,4-13H2,1-3H3,(H2,20,25)(H,21,26). The second kappa shape index (κ2) is 15.1. The lowest BCUT2D eigenvalue weighted by Crippen LogP contribution is -2.34. The summed E-state index contributed by atoms with van der Waals surface area (Å²) in [6.07, 6.45) is 0.657. The van der Waals surface area contributed by atoms with Crippen LogP contribution in [0.4, 0.5) is 10.5 Å². The highest BCUT2D eigenvalue weighted by Gasteiger charge is 2.23. The number of hydrogen-bond acceptors (Lipinski definition) is 10. The van der Waals surface area contributed by atoms with E-state index in [1.807, 2.05) is 0 Å². The highest BCUT2D eigenvalue weighted by molar-refractivity contribution is 5.94. The van der Waals surface area contributed by atoms with Gasteiger partial charge in [-0.2, -0.15) is 5.10 Å². The Labute approximate surface area is 191 Å². The van der Waals surface area contributed by atoms with Crippen LogP contribution in [0.3, 0.4) is 0 Å². The molecule has 33 heavy (non-hydrogen) atoms. The number of primary amides is 1. The first-order valence-corrected chi connectivity index (χ1v) is 10.4. The zero-order valence-electron chi connectivity index (χ0n) is 19.2. The summed E-state index contributed by atoms with van der Waals surface area (Å²) in [6.45, 7) is 8.78. The zero-order chi connectivity index (χ0) is 24.7. The van der Waals surface area contributed by atoms with Gasteiger partial charge in [0, 0.05) is 6.54 Å². The van der Waals surface area contributed by atoms with Gasteiger partial charge >= 0.3 is 11.8 Å². The normalized spacial score (nSPS) is 11.4. The van der Waals surface area contributed by atoms with E-state index in [-0.39, 0.29) is 18.8 Å². The second-order valence-electron chi connectivity index (χ2n) is 7.63. The predicted octanol–water partition coefficient (Wildman–Crippen LogP) is 0.481. The third-order valence-electron chi connectivity index (χ3n) is 3.67. The minimum Gasteiger partial charge on any atom is -0.444 e. The molecule has 14 nitrogen and oxygen atoms in total. The van der Waals surface area contributed by atoms with Gasteiger partial charge in [0.25, 0.3) is 5.91 Å². The molecule has 0 fully saturated rings. The van der Waals surface area contributed by atoms with Gasteiger partial charge < -0.3 is 34.7 Å². The average Bonchev–Trinajstić information content (AvgIpc) is 3.14. The smallest absolute Gasteiger partial charge is 0.407 e. The Morgan fingerprint density at radius 1 is 1.03 bits per heavy atom. The van der Waals surface area contributed by atoms with E-state index in [1.54, 1.807) is 20.8 Å². The van der Waals surface area contributed by atoms with Gasteiger partial charge in [-0.05, 0) is 20.8 Å². The van der Waals surface area contributed by atoms with Crippen molar-refractivity contribution in [3.05, 3.63) is 22.0 Å². The number of ether oxygens (including phenoxy) is 5. The third kappa shape index (κ3) is 13.4. The van der Waals surface area contributed by atoms with Crippen LogP contribution in [0.2, 0.25) is 0 Å². The van der Waals surface area contributed by atoms with E-state index in [1.165, 1.54) is 4.68 Å². The maximum absolute atomic E-state index is 11.4. The van der Waals surface area contributed by atoms with Gasteiger partial charge in [0.2, 0.25) is 5.69 Å². The molecule has 2 amide bonds. The molecule has 1 aromatic heterocycles. The molecule has 0 saturated heterocycles. The van der Waals surface area contributed by atoms with E-state index in [0.717, 1.165) is 6.20 Å². The molecule has 0 spiro atoms. The summed E-state index contributed by atoms with van der Waals surface area (Å²) >= 11 is 0. The second-order valence-corrected chi connectivity index (χ2v) is 7.63. The minimum atomic E-state index is -0.959. The molecule has 0 radical (unpaired) electrons. The molecule has 188 valence electrons. The molecule has 0 atom stereocenters. The zero-order valence-corrected chi connectivity index (χ0v) is 19.2. The molecule has 1 rings (SSSR count). The lowest BCUT2D eigenvalue weighted by atomic mass is 10.2. The van der Waals surface area contributed by atoms with E-state index in [0.29, 0.717) is 52.8 Å². The molecule has 3 N–H and O–H groups in total. The maximum Gasteiger partial charge on any atom is 0.407 e. The quantitative estimate of drug-likeness (QED) is 0.183. The Morgan fingerprint density at radius 2 is 1.55 bits per heavy atom. The third-order valence-corrected chi connectivity index (χ3v) is 3.67. The number of amides is 2. The number of hydrogen-bond donors (Lipinski definition) is 2. The summed E-state index contributed by atoms with van der Waals surface area (Å²) in [5.74, 6) is -0.959. The number of rotatable bonds is 17. The van der Waals surface area contributed by atoms with E-state index < -0.39 is 28.2 Å². The largest absolute Gasteiger partial charge is 0.444 e. The van der Waals surface area contributed by atoms with Crippen molar-refractivity contribution in [2.75, 3.05) is 59.4 Å². The van der Waals surface area contributed by atoms with Crippen molar-refractivity contribution in [3.63, 3.8) is 0 Å². The van der Waals surface area contributed by atoms with Crippen LogP contribution in [0, 0.1) is 10.1 Å². The lowest BCUT2D eigenvalue weighted by Gasteiger charge is -2.19. The van der Waals surface area contributed by atoms with Crippen LogP contribution < -0.4 is 11.1 Å². The number of nitrogens with zero attached hydrogens (tertiary/aromatic N) is 3. The highest BCUT2D eigenvalue weighted by atomic mass is 16.6. The first-order chi connectivity index (χ1) is 15.6. The highest BCUT2D eigenvalue weighted by Crippen LogP contribution is 2.15. The topological polar surface area (TPSA) is 179 Å². The van der Waals surface area contributed by atoms with Crippen LogP contribution in [0.5, 0.6) is 0 Å². The molecule has 0 bridgehead atoms. The van der Waals surface area contributed by atoms with Crippen LogP contribution in [-0.4, -0.2) is 91.7 Å². The number of carbonyl (C=O) groups is 2. The molecule has 1 aromatic rings. The fourth-order valence-electron chi connectivity index (χ4n) is 2.29. The first-order valence-electron chi connectivity index (χ1n) is 10.4. The molecule has 0 aromatic carbocycles. The van der Waals surface area contributed by atoms with Gasteiger partial charge in [0.1, 0.15) is 11.8 Å². The number of nitrogens with two attached hydrogens (primary N) is 1. The summed E-state index contributed by atoms with van der Waals surface area (Å²) in [5.41, 5.74) is 3.72. The van der Waals surface area contributed by atoms with Crippen molar-refractivity contribution >= 4 is 17.7 Å². The van der Waals surface area contributed by atoms with Crippen molar-refractivity contribution in [2.24, 2.45) is 5.73 Å².